The summed E-state index contributed by atoms with van der Waals surface area (Å²) in [6.45, 7) is 0. The Hall–Kier alpha value is -1.57. The van der Waals surface area contributed by atoms with Crippen LogP contribution in [0.25, 0.3) is 0 Å². The van der Waals surface area contributed by atoms with E-state index < -0.39 is 0 Å². The Morgan fingerprint density at radius 2 is 2.32 bits per heavy atom. The SMILES string of the molecule is N#Cc1cc(NC(=O)C2CC3CCC2N3)ccc1Cl. The van der Waals surface area contributed by atoms with Gasteiger partial charge in [0.25, 0.3) is 0 Å². The van der Waals surface area contributed by atoms with Gasteiger partial charge in [-0.1, -0.05) is 11.6 Å². The van der Waals surface area contributed by atoms with Gasteiger partial charge in [0.1, 0.15) is 6.07 Å². The van der Waals surface area contributed by atoms with Crippen molar-refractivity contribution >= 4 is 23.2 Å². The van der Waals surface area contributed by atoms with Crippen LogP contribution in [0.2, 0.25) is 5.02 Å². The number of nitriles is 1. The van der Waals surface area contributed by atoms with Crippen LogP contribution in [0.15, 0.2) is 18.2 Å². The average molecular weight is 276 g/mol. The number of nitrogens with zero attached hydrogens (tertiary/aromatic N) is 1. The van der Waals surface area contributed by atoms with Gasteiger partial charge in [0.15, 0.2) is 0 Å². The van der Waals surface area contributed by atoms with Gasteiger partial charge in [-0.25, -0.2) is 0 Å². The largest absolute Gasteiger partial charge is 0.326 e. The smallest absolute Gasteiger partial charge is 0.229 e. The Morgan fingerprint density at radius 1 is 1.47 bits per heavy atom. The molecule has 2 aliphatic rings. The lowest BCUT2D eigenvalue weighted by Gasteiger charge is -2.19. The number of carbonyl (C=O) groups is 1. The van der Waals surface area contributed by atoms with Crippen LogP contribution < -0.4 is 10.6 Å². The Balaban J connectivity index is 1.72. The normalized spacial score (nSPS) is 28.1. The first-order chi connectivity index (χ1) is 9.17. The zero-order valence-corrected chi connectivity index (χ0v) is 11.1. The molecule has 3 rings (SSSR count). The highest BCUT2D eigenvalue weighted by atomic mass is 35.5. The molecule has 98 valence electrons. The van der Waals surface area contributed by atoms with Gasteiger partial charge in [-0.2, -0.15) is 5.26 Å². The molecule has 19 heavy (non-hydrogen) atoms. The molecule has 1 aromatic carbocycles. The van der Waals surface area contributed by atoms with Gasteiger partial charge in [-0.3, -0.25) is 4.79 Å². The van der Waals surface area contributed by atoms with Crippen LogP contribution in [0.4, 0.5) is 5.69 Å². The molecule has 2 fully saturated rings. The average Bonchev–Trinajstić information content (AvgIpc) is 3.03. The second-order valence-corrected chi connectivity index (χ2v) is 5.59. The van der Waals surface area contributed by atoms with E-state index in [4.69, 9.17) is 16.9 Å². The first kappa shape index (κ1) is 12.5. The number of carbonyl (C=O) groups excluding carboxylic acids is 1. The van der Waals surface area contributed by atoms with Gasteiger partial charge in [0.05, 0.1) is 16.5 Å². The fourth-order valence-corrected chi connectivity index (χ4v) is 3.20. The summed E-state index contributed by atoms with van der Waals surface area (Å²) < 4.78 is 0. The van der Waals surface area contributed by atoms with Gasteiger partial charge < -0.3 is 10.6 Å². The lowest BCUT2D eigenvalue weighted by Crippen LogP contribution is -2.32. The van der Waals surface area contributed by atoms with Gasteiger partial charge in [-0.05, 0) is 37.5 Å². The number of hydrogen-bond acceptors (Lipinski definition) is 3. The molecule has 2 N–H and O–H groups in total. The summed E-state index contributed by atoms with van der Waals surface area (Å²) in [6, 6.07) is 7.79. The van der Waals surface area contributed by atoms with Crippen molar-refractivity contribution in [2.24, 2.45) is 5.92 Å². The molecule has 0 spiro atoms. The fourth-order valence-electron chi connectivity index (χ4n) is 3.04. The molecule has 4 nitrogen and oxygen atoms in total. The maximum atomic E-state index is 12.2. The number of nitrogens with one attached hydrogen (secondary N) is 2. The van der Waals surface area contributed by atoms with Gasteiger partial charge in [0, 0.05) is 17.8 Å². The van der Waals surface area contributed by atoms with E-state index in [0.29, 0.717) is 28.4 Å². The van der Waals surface area contributed by atoms with Gasteiger partial charge >= 0.3 is 0 Å². The van der Waals surface area contributed by atoms with Crippen molar-refractivity contribution in [3.63, 3.8) is 0 Å². The van der Waals surface area contributed by atoms with Gasteiger partial charge in [-0.15, -0.1) is 0 Å². The number of amides is 1. The van der Waals surface area contributed by atoms with Crippen molar-refractivity contribution in [3.8, 4) is 6.07 Å². The summed E-state index contributed by atoms with van der Waals surface area (Å²) in [5.41, 5.74) is 1.01. The lowest BCUT2D eigenvalue weighted by molar-refractivity contribution is -0.120. The van der Waals surface area contributed by atoms with Crippen molar-refractivity contribution in [3.05, 3.63) is 28.8 Å². The standard InChI is InChI=1S/C14H14ClN3O/c15-12-3-1-9(5-8(12)7-16)18-14(19)11-6-10-2-4-13(11)17-10/h1,3,5,10-11,13,17H,2,4,6H2,(H,18,19). The highest BCUT2D eigenvalue weighted by Crippen LogP contribution is 2.34. The van der Waals surface area contributed by atoms with Crippen molar-refractivity contribution in [2.75, 3.05) is 5.32 Å². The minimum atomic E-state index is 0.0333. The number of fused-ring (bicyclic) bond motifs is 2. The maximum absolute atomic E-state index is 12.2. The molecule has 0 saturated carbocycles. The zero-order valence-electron chi connectivity index (χ0n) is 10.3. The molecule has 5 heteroatoms. The summed E-state index contributed by atoms with van der Waals surface area (Å²) in [5.74, 6) is 0.0749. The molecule has 1 amide bonds. The van der Waals surface area contributed by atoms with Crippen LogP contribution in [0, 0.1) is 17.2 Å². The van der Waals surface area contributed by atoms with E-state index in [1.165, 1.54) is 6.42 Å². The second-order valence-electron chi connectivity index (χ2n) is 5.19. The van der Waals surface area contributed by atoms with E-state index in [9.17, 15) is 4.79 Å². The predicted molar refractivity (Wildman–Crippen MR) is 72.8 cm³/mol. The van der Waals surface area contributed by atoms with E-state index in [1.54, 1.807) is 18.2 Å². The van der Waals surface area contributed by atoms with E-state index >= 15 is 0 Å². The molecule has 2 bridgehead atoms. The number of halogens is 1. The topological polar surface area (TPSA) is 64.9 Å². The predicted octanol–water partition coefficient (Wildman–Crippen LogP) is 2.29. The third kappa shape index (κ3) is 2.32. The van der Waals surface area contributed by atoms with Crippen LogP contribution in [0.1, 0.15) is 24.8 Å². The van der Waals surface area contributed by atoms with E-state index in [1.807, 2.05) is 6.07 Å². The van der Waals surface area contributed by atoms with Crippen LogP contribution in [-0.2, 0) is 4.79 Å². The Bertz CT molecular complexity index is 566. The molecule has 1 aromatic rings. The van der Waals surface area contributed by atoms with E-state index in [2.05, 4.69) is 10.6 Å². The summed E-state index contributed by atoms with van der Waals surface area (Å²) in [6.07, 6.45) is 3.16. The quantitative estimate of drug-likeness (QED) is 0.870. The van der Waals surface area contributed by atoms with E-state index in [0.717, 1.165) is 12.8 Å². The molecule has 2 saturated heterocycles. The number of anilines is 1. The summed E-state index contributed by atoms with van der Waals surface area (Å²) in [5, 5.41) is 15.6. The van der Waals surface area contributed by atoms with Crippen LogP contribution in [-0.4, -0.2) is 18.0 Å². The fraction of sp³-hybridized carbons (Fsp3) is 0.429. The molecule has 0 radical (unpaired) electrons. The Labute approximate surface area is 116 Å². The Morgan fingerprint density at radius 3 is 2.95 bits per heavy atom. The summed E-state index contributed by atoms with van der Waals surface area (Å²) in [7, 11) is 0. The first-order valence-electron chi connectivity index (χ1n) is 6.44. The van der Waals surface area contributed by atoms with Crippen molar-refractivity contribution in [1.82, 2.24) is 5.32 Å². The lowest BCUT2D eigenvalue weighted by atomic mass is 9.88. The van der Waals surface area contributed by atoms with Crippen molar-refractivity contribution in [2.45, 2.75) is 31.3 Å². The minimum Gasteiger partial charge on any atom is -0.326 e. The van der Waals surface area contributed by atoms with E-state index in [-0.39, 0.29) is 11.8 Å². The van der Waals surface area contributed by atoms with Gasteiger partial charge in [0.2, 0.25) is 5.91 Å². The van der Waals surface area contributed by atoms with Crippen molar-refractivity contribution in [1.29, 1.82) is 5.26 Å². The van der Waals surface area contributed by atoms with Crippen LogP contribution in [0.3, 0.4) is 0 Å². The third-order valence-corrected chi connectivity index (χ3v) is 4.32. The minimum absolute atomic E-state index is 0.0333. The van der Waals surface area contributed by atoms with Crippen LogP contribution >= 0.6 is 11.6 Å². The molecular weight excluding hydrogens is 262 g/mol. The molecular formula is C14H14ClN3O. The highest BCUT2D eigenvalue weighted by molar-refractivity contribution is 6.31. The monoisotopic (exact) mass is 275 g/mol. The maximum Gasteiger partial charge on any atom is 0.229 e. The molecule has 2 aliphatic heterocycles. The summed E-state index contributed by atoms with van der Waals surface area (Å²) >= 11 is 5.87. The number of rotatable bonds is 2. The second kappa shape index (κ2) is 4.84. The molecule has 3 unspecified atom stereocenters. The molecule has 3 atom stereocenters. The Kier molecular flexibility index (Phi) is 3.17. The molecule has 0 aliphatic carbocycles. The highest BCUT2D eigenvalue weighted by Gasteiger charge is 2.42. The summed E-state index contributed by atoms with van der Waals surface area (Å²) in [4.78, 5) is 12.2. The van der Waals surface area contributed by atoms with Crippen LogP contribution in [0.5, 0.6) is 0 Å². The number of hydrogen-bond donors (Lipinski definition) is 2. The van der Waals surface area contributed by atoms with Crippen molar-refractivity contribution < 1.29 is 4.79 Å². The molecule has 2 heterocycles. The zero-order chi connectivity index (χ0) is 13.4. The molecule has 0 aromatic heterocycles. The third-order valence-electron chi connectivity index (χ3n) is 3.99. The first-order valence-corrected chi connectivity index (χ1v) is 6.82. The number of benzene rings is 1.